The molecular weight excluding hydrogens is 1020 g/mol. The summed E-state index contributed by atoms with van der Waals surface area (Å²) in [4.78, 5) is 51.3. The molecule has 1 rings (SSSR count). The number of hydrogen-bond acceptors (Lipinski definition) is 11. The van der Waals surface area contributed by atoms with Crippen molar-refractivity contribution >= 4 is 23.9 Å². The Hall–Kier alpha value is -4.88. The molecule has 0 bridgehead atoms. The van der Waals surface area contributed by atoms with Crippen molar-refractivity contribution in [1.29, 1.82) is 0 Å². The summed E-state index contributed by atoms with van der Waals surface area (Å²) >= 11 is 0. The van der Waals surface area contributed by atoms with Gasteiger partial charge in [0.05, 0.1) is 6.61 Å². The number of ether oxygens (including phenoxy) is 5. The molecule has 3 N–H and O–H groups in total. The molecular formula is C69H110O12. The summed E-state index contributed by atoms with van der Waals surface area (Å²) in [5.41, 5.74) is 0. The van der Waals surface area contributed by atoms with Crippen LogP contribution < -0.4 is 0 Å². The first kappa shape index (κ1) is 74.1. The number of esters is 3. The second-order valence-corrected chi connectivity index (χ2v) is 20.9. The third-order valence-electron chi connectivity index (χ3n) is 13.5. The smallest absolute Gasteiger partial charge is 0.335 e. The highest BCUT2D eigenvalue weighted by molar-refractivity contribution is 5.74. The van der Waals surface area contributed by atoms with Crippen LogP contribution in [-0.4, -0.2) is 89.2 Å². The highest BCUT2D eigenvalue weighted by Crippen LogP contribution is 2.26. The zero-order chi connectivity index (χ0) is 58.9. The van der Waals surface area contributed by atoms with Crippen LogP contribution in [0, 0.1) is 0 Å². The SMILES string of the molecule is CC/C=C\C/C=C\C/C=C\C/C=C\CCCCCCC(=O)OC(COC(=O)CCCCCCCC/C=C\C/C=C\C/C=C\CCCCC)COC1OC(C(=O)O)C(O)C(O)C1OC(=O)CCCCCCC/C=C\C/C=C\C/C=C\CC. The zero-order valence-electron chi connectivity index (χ0n) is 50.5. The molecule has 0 aromatic carbocycles. The number of carbonyl (C=O) groups is 4. The van der Waals surface area contributed by atoms with Crippen molar-refractivity contribution in [3.8, 4) is 0 Å². The van der Waals surface area contributed by atoms with Gasteiger partial charge in [0.1, 0.15) is 18.8 Å². The molecule has 0 amide bonds. The van der Waals surface area contributed by atoms with Gasteiger partial charge in [-0.25, -0.2) is 4.79 Å². The van der Waals surface area contributed by atoms with E-state index in [0.717, 1.165) is 154 Å². The van der Waals surface area contributed by atoms with Gasteiger partial charge in [-0.2, -0.15) is 0 Å². The van der Waals surface area contributed by atoms with Crippen molar-refractivity contribution in [1.82, 2.24) is 0 Å². The Balaban J connectivity index is 2.72. The average molecular weight is 1130 g/mol. The van der Waals surface area contributed by atoms with Gasteiger partial charge in [-0.15, -0.1) is 0 Å². The van der Waals surface area contributed by atoms with Crippen molar-refractivity contribution in [3.63, 3.8) is 0 Å². The lowest BCUT2D eigenvalue weighted by atomic mass is 9.98. The number of allylic oxidation sites excluding steroid dienone is 20. The number of carbonyl (C=O) groups excluding carboxylic acids is 3. The number of carboxylic acids is 1. The van der Waals surface area contributed by atoms with E-state index >= 15 is 0 Å². The number of aliphatic hydroxyl groups excluding tert-OH is 2. The summed E-state index contributed by atoms with van der Waals surface area (Å²) in [6, 6.07) is 0. The van der Waals surface area contributed by atoms with Crippen LogP contribution in [0.2, 0.25) is 0 Å². The van der Waals surface area contributed by atoms with Crippen LogP contribution in [0.4, 0.5) is 0 Å². The first-order valence-corrected chi connectivity index (χ1v) is 31.5. The van der Waals surface area contributed by atoms with Crippen LogP contribution >= 0.6 is 0 Å². The van der Waals surface area contributed by atoms with E-state index in [2.05, 4.69) is 142 Å². The molecule has 458 valence electrons. The molecule has 1 aliphatic rings. The summed E-state index contributed by atoms with van der Waals surface area (Å²) in [5.74, 6) is -3.20. The van der Waals surface area contributed by atoms with Gasteiger partial charge in [-0.3, -0.25) is 14.4 Å². The maximum Gasteiger partial charge on any atom is 0.335 e. The second-order valence-electron chi connectivity index (χ2n) is 20.9. The topological polar surface area (TPSA) is 175 Å². The van der Waals surface area contributed by atoms with Crippen molar-refractivity contribution in [2.45, 2.75) is 276 Å². The van der Waals surface area contributed by atoms with Crippen LogP contribution in [0.1, 0.15) is 239 Å². The van der Waals surface area contributed by atoms with Gasteiger partial charge in [0.15, 0.2) is 24.6 Å². The Labute approximate surface area is 490 Å². The third kappa shape index (κ3) is 45.3. The number of aliphatic carboxylic acids is 1. The average Bonchev–Trinajstić information content (AvgIpc) is 3.52. The molecule has 1 heterocycles. The van der Waals surface area contributed by atoms with Gasteiger partial charge in [0.2, 0.25) is 0 Å². The van der Waals surface area contributed by atoms with E-state index in [0.29, 0.717) is 19.3 Å². The van der Waals surface area contributed by atoms with Crippen molar-refractivity contribution < 1.29 is 58.2 Å². The number of unbranched alkanes of at least 4 members (excludes halogenated alkanes) is 18. The molecule has 0 spiro atoms. The monoisotopic (exact) mass is 1130 g/mol. The normalized spacial score (nSPS) is 18.6. The highest BCUT2D eigenvalue weighted by atomic mass is 16.7. The summed E-state index contributed by atoms with van der Waals surface area (Å²) in [6.45, 7) is 5.70. The fourth-order valence-electron chi connectivity index (χ4n) is 8.73. The van der Waals surface area contributed by atoms with E-state index in [9.17, 15) is 34.5 Å². The largest absolute Gasteiger partial charge is 0.479 e. The van der Waals surface area contributed by atoms with Crippen molar-refractivity contribution in [2.24, 2.45) is 0 Å². The zero-order valence-corrected chi connectivity index (χ0v) is 50.5. The molecule has 6 atom stereocenters. The molecule has 12 heteroatoms. The fraction of sp³-hybridized carbons (Fsp3) is 0.652. The van der Waals surface area contributed by atoms with Gasteiger partial charge >= 0.3 is 23.9 Å². The fourth-order valence-corrected chi connectivity index (χ4v) is 8.73. The maximum atomic E-state index is 13.2. The predicted molar refractivity (Wildman–Crippen MR) is 330 cm³/mol. The lowest BCUT2D eigenvalue weighted by molar-refractivity contribution is -0.301. The van der Waals surface area contributed by atoms with Gasteiger partial charge in [0, 0.05) is 19.3 Å². The molecule has 81 heavy (non-hydrogen) atoms. The predicted octanol–water partition coefficient (Wildman–Crippen LogP) is 16.8. The molecule has 6 unspecified atom stereocenters. The molecule has 12 nitrogen and oxygen atoms in total. The summed E-state index contributed by atoms with van der Waals surface area (Å²) < 4.78 is 28.5. The Morgan fingerprint density at radius 2 is 0.778 bits per heavy atom. The quantitative estimate of drug-likeness (QED) is 0.0228. The van der Waals surface area contributed by atoms with E-state index in [-0.39, 0.29) is 25.9 Å². The number of aliphatic hydroxyl groups is 2. The van der Waals surface area contributed by atoms with Crippen LogP contribution in [0.25, 0.3) is 0 Å². The Morgan fingerprint density at radius 3 is 1.19 bits per heavy atom. The lowest BCUT2D eigenvalue weighted by Gasteiger charge is -2.40. The minimum atomic E-state index is -1.92. The standard InChI is InChI=1S/C69H110O12/c1-4-7-10-13-16-19-22-25-28-30-31-33-35-37-40-43-46-49-52-55-61(70)77-58-60(79-62(71)56-53-50-47-44-41-39-36-32-29-26-23-20-17-14-11-8-5-2)59-78-69-67(65(74)64(73)66(81-69)68(75)76)80-63(72)57-54-51-48-45-42-38-34-27-24-21-18-15-12-9-6-3/h8-9,11-12,16-21,25-29,31,33-34,36,39,60,64-67,69,73-74H,4-7,10,13-15,22-24,30,32,35,37-38,40-59H2,1-3H3,(H,75,76)/b11-8-,12-9-,19-16-,20-17-,21-18-,28-25-,29-26-,33-31-,34-27-,39-36-. The number of rotatable bonds is 52. The third-order valence-corrected chi connectivity index (χ3v) is 13.5. The van der Waals surface area contributed by atoms with Gasteiger partial charge < -0.3 is 39.0 Å². The minimum absolute atomic E-state index is 0.0303. The first-order chi connectivity index (χ1) is 39.6. The Morgan fingerprint density at radius 1 is 0.420 bits per heavy atom. The molecule has 0 saturated carbocycles. The minimum Gasteiger partial charge on any atom is -0.479 e. The summed E-state index contributed by atoms with van der Waals surface area (Å²) in [7, 11) is 0. The summed E-state index contributed by atoms with van der Waals surface area (Å²) in [5, 5.41) is 31.6. The molecule has 1 fully saturated rings. The maximum absolute atomic E-state index is 13.2. The summed E-state index contributed by atoms with van der Waals surface area (Å²) in [6.07, 6.45) is 64.4. The van der Waals surface area contributed by atoms with Crippen LogP contribution in [-0.2, 0) is 42.9 Å². The first-order valence-electron chi connectivity index (χ1n) is 31.5. The molecule has 0 radical (unpaired) electrons. The van der Waals surface area contributed by atoms with Gasteiger partial charge in [-0.05, 0) is 128 Å². The lowest BCUT2D eigenvalue weighted by Crippen LogP contribution is -2.61. The molecule has 0 aromatic rings. The molecule has 0 aliphatic carbocycles. The number of carboxylic acid groups (broad SMARTS) is 1. The van der Waals surface area contributed by atoms with Crippen molar-refractivity contribution in [2.75, 3.05) is 13.2 Å². The Bertz CT molecular complexity index is 1870. The van der Waals surface area contributed by atoms with Gasteiger partial charge in [0.25, 0.3) is 0 Å². The van der Waals surface area contributed by atoms with E-state index < -0.39 is 67.3 Å². The number of hydrogen-bond donors (Lipinski definition) is 3. The van der Waals surface area contributed by atoms with Crippen LogP contribution in [0.5, 0.6) is 0 Å². The van der Waals surface area contributed by atoms with Crippen LogP contribution in [0.15, 0.2) is 122 Å². The van der Waals surface area contributed by atoms with Crippen LogP contribution in [0.3, 0.4) is 0 Å². The molecule has 0 aromatic heterocycles. The highest BCUT2D eigenvalue weighted by Gasteiger charge is 2.50. The van der Waals surface area contributed by atoms with E-state index in [1.54, 1.807) is 0 Å². The van der Waals surface area contributed by atoms with Crippen molar-refractivity contribution in [3.05, 3.63) is 122 Å². The van der Waals surface area contributed by atoms with E-state index in [1.807, 2.05) is 0 Å². The van der Waals surface area contributed by atoms with Gasteiger partial charge in [-0.1, -0.05) is 213 Å². The van der Waals surface area contributed by atoms with E-state index in [1.165, 1.54) is 25.7 Å². The molecule has 1 saturated heterocycles. The van der Waals surface area contributed by atoms with E-state index in [4.69, 9.17) is 23.7 Å². The Kier molecular flexibility index (Phi) is 50.9. The molecule has 1 aliphatic heterocycles. The second kappa shape index (κ2) is 55.6.